The van der Waals surface area contributed by atoms with Crippen molar-refractivity contribution in [1.82, 2.24) is 10.3 Å². The third-order valence-electron chi connectivity index (χ3n) is 6.72. The predicted molar refractivity (Wildman–Crippen MR) is 144 cm³/mol. The van der Waals surface area contributed by atoms with Gasteiger partial charge in [-0.15, -0.1) is 0 Å². The molecule has 11 heteroatoms. The monoisotopic (exact) mass is 582 g/mol. The van der Waals surface area contributed by atoms with Crippen molar-refractivity contribution >= 4 is 33.6 Å². The second-order valence-electron chi connectivity index (χ2n) is 9.59. The van der Waals surface area contributed by atoms with Gasteiger partial charge in [-0.25, -0.2) is 4.98 Å². The first-order valence-electron chi connectivity index (χ1n) is 12.5. The van der Waals surface area contributed by atoms with Crippen molar-refractivity contribution in [1.29, 1.82) is 0 Å². The van der Waals surface area contributed by atoms with Gasteiger partial charge >= 0.3 is 18.3 Å². The molecule has 0 bridgehead atoms. The topological polar surface area (TPSA) is 79.3 Å². The molecule has 214 valence electrons. The minimum Gasteiger partial charge on any atom is -0.481 e. The summed E-state index contributed by atoms with van der Waals surface area (Å²) in [6.07, 6.45) is -10.4. The second kappa shape index (κ2) is 10.8. The van der Waals surface area contributed by atoms with Crippen LogP contribution in [0, 0.1) is 0 Å². The summed E-state index contributed by atoms with van der Waals surface area (Å²) in [5.41, 5.74) is -2.39. The molecule has 0 saturated heterocycles. The fraction of sp³-hybridized carbons (Fsp3) is 0.129. The van der Waals surface area contributed by atoms with Gasteiger partial charge in [-0.1, -0.05) is 48.5 Å². The molecule has 5 nitrogen and oxygen atoms in total. The van der Waals surface area contributed by atoms with Crippen LogP contribution in [0.3, 0.4) is 0 Å². The molecule has 1 heterocycles. The van der Waals surface area contributed by atoms with Crippen LogP contribution < -0.4 is 5.32 Å². The largest absolute Gasteiger partial charge is 0.481 e. The van der Waals surface area contributed by atoms with Gasteiger partial charge in [0.2, 0.25) is 0 Å². The van der Waals surface area contributed by atoms with Crippen LogP contribution in [0.2, 0.25) is 0 Å². The summed E-state index contributed by atoms with van der Waals surface area (Å²) in [5, 5.41) is 14.3. The van der Waals surface area contributed by atoms with Crippen molar-refractivity contribution in [3.63, 3.8) is 0 Å². The number of aliphatic carboxylic acids is 1. The number of benzene rings is 4. The van der Waals surface area contributed by atoms with Crippen LogP contribution in [-0.4, -0.2) is 22.0 Å². The quantitative estimate of drug-likeness (QED) is 0.199. The van der Waals surface area contributed by atoms with E-state index in [4.69, 9.17) is 0 Å². The van der Waals surface area contributed by atoms with Crippen molar-refractivity contribution in [2.24, 2.45) is 0 Å². The molecule has 4 aromatic carbocycles. The van der Waals surface area contributed by atoms with E-state index in [1.807, 2.05) is 24.3 Å². The van der Waals surface area contributed by atoms with E-state index in [9.17, 15) is 41.0 Å². The Morgan fingerprint density at radius 1 is 0.762 bits per heavy atom. The lowest BCUT2D eigenvalue weighted by molar-refractivity contribution is -0.143. The maximum absolute atomic E-state index is 13.3. The number of carbonyl (C=O) groups excluding carboxylic acids is 1. The van der Waals surface area contributed by atoms with Crippen LogP contribution in [-0.2, 0) is 17.1 Å². The number of carbonyl (C=O) groups is 2. The van der Waals surface area contributed by atoms with Gasteiger partial charge in [0.05, 0.1) is 34.8 Å². The molecule has 0 saturated carbocycles. The highest BCUT2D eigenvalue weighted by molar-refractivity contribution is 5.99. The van der Waals surface area contributed by atoms with Crippen molar-refractivity contribution in [2.45, 2.75) is 24.8 Å². The number of alkyl halides is 6. The van der Waals surface area contributed by atoms with Gasteiger partial charge in [0, 0.05) is 16.5 Å². The molecule has 5 aromatic rings. The number of carboxylic acids is 1. The van der Waals surface area contributed by atoms with E-state index in [1.54, 1.807) is 18.2 Å². The highest BCUT2D eigenvalue weighted by Crippen LogP contribution is 2.38. The summed E-state index contributed by atoms with van der Waals surface area (Å²) < 4.78 is 79.9. The van der Waals surface area contributed by atoms with E-state index in [0.29, 0.717) is 23.1 Å². The van der Waals surface area contributed by atoms with Gasteiger partial charge in [-0.05, 0) is 58.8 Å². The molecule has 1 unspecified atom stereocenters. The minimum absolute atomic E-state index is 0.0469. The number of amides is 1. The molecule has 0 aliphatic rings. The Balaban J connectivity index is 1.47. The minimum atomic E-state index is -5.00. The number of halogens is 6. The van der Waals surface area contributed by atoms with Crippen molar-refractivity contribution in [2.75, 3.05) is 0 Å². The zero-order valence-corrected chi connectivity index (χ0v) is 21.4. The number of rotatable bonds is 6. The normalized spacial score (nSPS) is 12.8. The van der Waals surface area contributed by atoms with E-state index in [0.717, 1.165) is 10.8 Å². The maximum Gasteiger partial charge on any atom is 0.416 e. The average molecular weight is 583 g/mol. The lowest BCUT2D eigenvalue weighted by atomic mass is 9.96. The number of hydrogen-bond donors (Lipinski definition) is 2. The Bertz CT molecular complexity index is 1790. The SMILES string of the molecule is O=C(O)CC(NC(=O)c1ccc2nc(-c3cc(C(F)(F)F)cc(C(F)(F)F)c3)ccc2c1)c1cccc2ccccc12. The van der Waals surface area contributed by atoms with Gasteiger partial charge in [-0.2, -0.15) is 26.3 Å². The third-order valence-corrected chi connectivity index (χ3v) is 6.72. The molecule has 0 aliphatic heterocycles. The molecule has 2 N–H and O–H groups in total. The number of nitrogens with one attached hydrogen (secondary N) is 1. The fourth-order valence-electron chi connectivity index (χ4n) is 4.74. The smallest absolute Gasteiger partial charge is 0.416 e. The zero-order valence-electron chi connectivity index (χ0n) is 21.4. The standard InChI is InChI=1S/C31H20F6N2O3/c32-30(33,34)21-13-20(14-22(15-21)31(35,36)37)26-10-8-18-12-19(9-11-25(18)38-26)29(42)39-27(16-28(40)41)24-7-3-5-17-4-1-2-6-23(17)24/h1-15,27H,16H2,(H,39,42)(H,40,41). The Morgan fingerprint density at radius 3 is 2.10 bits per heavy atom. The zero-order chi connectivity index (χ0) is 30.2. The molecular formula is C31H20F6N2O3. The van der Waals surface area contributed by atoms with Crippen molar-refractivity contribution < 1.29 is 41.0 Å². The molecular weight excluding hydrogens is 562 g/mol. The van der Waals surface area contributed by atoms with Crippen LogP contribution >= 0.6 is 0 Å². The Morgan fingerprint density at radius 2 is 1.43 bits per heavy atom. The first-order chi connectivity index (χ1) is 19.8. The van der Waals surface area contributed by atoms with Crippen LogP contribution in [0.1, 0.15) is 39.5 Å². The molecule has 1 atom stereocenters. The first kappa shape index (κ1) is 28.6. The molecule has 1 aromatic heterocycles. The summed E-state index contributed by atoms with van der Waals surface area (Å²) >= 11 is 0. The lowest BCUT2D eigenvalue weighted by Crippen LogP contribution is -2.30. The Hall–Kier alpha value is -4.93. The average Bonchev–Trinajstić information content (AvgIpc) is 2.94. The number of hydrogen-bond acceptors (Lipinski definition) is 3. The fourth-order valence-corrected chi connectivity index (χ4v) is 4.74. The van der Waals surface area contributed by atoms with E-state index in [1.165, 1.54) is 30.3 Å². The second-order valence-corrected chi connectivity index (χ2v) is 9.59. The molecule has 42 heavy (non-hydrogen) atoms. The number of pyridine rings is 1. The van der Waals surface area contributed by atoms with Gasteiger partial charge in [0.1, 0.15) is 0 Å². The van der Waals surface area contributed by atoms with E-state index >= 15 is 0 Å². The Kier molecular flexibility index (Phi) is 7.36. The molecule has 0 aliphatic carbocycles. The van der Waals surface area contributed by atoms with Crippen LogP contribution in [0.15, 0.2) is 91.0 Å². The summed E-state index contributed by atoms with van der Waals surface area (Å²) in [4.78, 5) is 29.1. The number of nitrogens with zero attached hydrogens (tertiary/aromatic N) is 1. The number of carboxylic acid groups (broad SMARTS) is 1. The van der Waals surface area contributed by atoms with Gasteiger partial charge < -0.3 is 10.4 Å². The predicted octanol–water partition coefficient (Wildman–Crippen LogP) is 8.04. The van der Waals surface area contributed by atoms with Crippen molar-refractivity contribution in [3.8, 4) is 11.3 Å². The first-order valence-corrected chi connectivity index (χ1v) is 12.5. The summed E-state index contributed by atoms with van der Waals surface area (Å²) in [6, 6.07) is 20.0. The van der Waals surface area contributed by atoms with E-state index < -0.39 is 41.4 Å². The summed E-state index contributed by atoms with van der Waals surface area (Å²) in [6.45, 7) is 0. The van der Waals surface area contributed by atoms with Gasteiger partial charge in [0.25, 0.3) is 5.91 Å². The number of fused-ring (bicyclic) bond motifs is 2. The van der Waals surface area contributed by atoms with Crippen molar-refractivity contribution in [3.05, 3.63) is 113 Å². The van der Waals surface area contributed by atoms with Crippen LogP contribution in [0.5, 0.6) is 0 Å². The van der Waals surface area contributed by atoms with E-state index in [2.05, 4.69) is 10.3 Å². The highest BCUT2D eigenvalue weighted by atomic mass is 19.4. The highest BCUT2D eigenvalue weighted by Gasteiger charge is 2.37. The summed E-state index contributed by atoms with van der Waals surface area (Å²) in [7, 11) is 0. The van der Waals surface area contributed by atoms with Gasteiger partial charge in [-0.3, -0.25) is 9.59 Å². The summed E-state index contributed by atoms with van der Waals surface area (Å²) in [5.74, 6) is -1.69. The molecule has 0 radical (unpaired) electrons. The molecule has 0 spiro atoms. The molecule has 0 fully saturated rings. The lowest BCUT2D eigenvalue weighted by Gasteiger charge is -2.20. The van der Waals surface area contributed by atoms with Crippen LogP contribution in [0.25, 0.3) is 32.9 Å². The number of aromatic nitrogens is 1. The Labute approximate surface area is 234 Å². The van der Waals surface area contributed by atoms with Crippen LogP contribution in [0.4, 0.5) is 26.3 Å². The van der Waals surface area contributed by atoms with Gasteiger partial charge in [0.15, 0.2) is 0 Å². The molecule has 5 rings (SSSR count). The van der Waals surface area contributed by atoms with E-state index in [-0.39, 0.29) is 34.8 Å². The third kappa shape index (κ3) is 6.04. The molecule has 1 amide bonds. The maximum atomic E-state index is 13.3.